The first-order valence-corrected chi connectivity index (χ1v) is 6.32. The monoisotopic (exact) mass is 273 g/mol. The van der Waals surface area contributed by atoms with Gasteiger partial charge in [0.15, 0.2) is 0 Å². The third kappa shape index (κ3) is 4.65. The zero-order valence-electron chi connectivity index (χ0n) is 12.2. The van der Waals surface area contributed by atoms with Crippen molar-refractivity contribution in [2.24, 2.45) is 4.99 Å². The Morgan fingerprint density at radius 2 is 2.05 bits per heavy atom. The quantitative estimate of drug-likeness (QED) is 0.523. The summed E-state index contributed by atoms with van der Waals surface area (Å²) in [6.45, 7) is 5.74. The molecule has 0 aliphatic heterocycles. The summed E-state index contributed by atoms with van der Waals surface area (Å²) in [6, 6.07) is 10.1. The van der Waals surface area contributed by atoms with Gasteiger partial charge in [-0.15, -0.1) is 0 Å². The number of nitrogens with zero attached hydrogens (tertiary/aromatic N) is 2. The maximum absolute atomic E-state index is 11.3. The van der Waals surface area contributed by atoms with Gasteiger partial charge in [-0.25, -0.2) is 4.79 Å². The smallest absolute Gasteiger partial charge is 0.411 e. The first-order chi connectivity index (χ1) is 9.58. The lowest BCUT2D eigenvalue weighted by Crippen LogP contribution is -2.23. The summed E-state index contributed by atoms with van der Waals surface area (Å²) in [7, 11) is 1.91. The molecule has 0 radical (unpaired) electrons. The molecule has 0 fully saturated rings. The maximum Gasteiger partial charge on any atom is 0.411 e. The molecule has 1 rings (SSSR count). The second-order valence-corrected chi connectivity index (χ2v) is 3.97. The van der Waals surface area contributed by atoms with Crippen molar-refractivity contribution >= 4 is 23.3 Å². The Hall–Kier alpha value is -2.48. The molecule has 0 saturated carbocycles. The molecule has 0 saturated heterocycles. The van der Waals surface area contributed by atoms with Crippen molar-refractivity contribution in [1.29, 1.82) is 0 Å². The summed E-state index contributed by atoms with van der Waals surface area (Å²) < 4.78 is 4.81. The van der Waals surface area contributed by atoms with Gasteiger partial charge in [0.05, 0.1) is 6.61 Å². The van der Waals surface area contributed by atoms with Crippen LogP contribution in [0, 0.1) is 12.0 Å². The van der Waals surface area contributed by atoms with E-state index < -0.39 is 6.09 Å². The Bertz CT molecular complexity index is 538. The summed E-state index contributed by atoms with van der Waals surface area (Å²) in [5, 5.41) is 2.64. The molecule has 0 bridgehead atoms. The highest BCUT2D eigenvalue weighted by atomic mass is 16.5. The van der Waals surface area contributed by atoms with E-state index in [1.807, 2.05) is 43.1 Å². The number of aliphatic imine (C=N–C) groups is 1. The van der Waals surface area contributed by atoms with Crippen LogP contribution >= 0.6 is 0 Å². The van der Waals surface area contributed by atoms with Gasteiger partial charge >= 0.3 is 6.09 Å². The van der Waals surface area contributed by atoms with Crippen molar-refractivity contribution in [1.82, 2.24) is 0 Å². The molecule has 5 heteroatoms. The van der Waals surface area contributed by atoms with E-state index in [-0.39, 0.29) is 0 Å². The van der Waals surface area contributed by atoms with Gasteiger partial charge in [-0.3, -0.25) is 5.32 Å². The lowest BCUT2D eigenvalue weighted by Gasteiger charge is -2.18. The third-order valence-corrected chi connectivity index (χ3v) is 2.59. The molecule has 1 amide bonds. The largest absolute Gasteiger partial charge is 0.450 e. The van der Waals surface area contributed by atoms with Gasteiger partial charge in [0, 0.05) is 24.5 Å². The summed E-state index contributed by atoms with van der Waals surface area (Å²) in [4.78, 5) is 17.3. The molecule has 0 aromatic heterocycles. The lowest BCUT2D eigenvalue weighted by atomic mass is 10.2. The highest BCUT2D eigenvalue weighted by Gasteiger charge is 2.05. The molecule has 0 unspecified atom stereocenters. The number of nitrogens with one attached hydrogen (secondary N) is 1. The summed E-state index contributed by atoms with van der Waals surface area (Å²) in [5.74, 6) is 3.52. The number of carbonyl (C=O) groups excluding carboxylic acids is 1. The van der Waals surface area contributed by atoms with Crippen LogP contribution in [0.4, 0.5) is 16.2 Å². The Balaban J connectivity index is 2.75. The highest BCUT2D eigenvalue weighted by Crippen LogP contribution is 2.17. The van der Waals surface area contributed by atoms with Crippen molar-refractivity contribution in [3.63, 3.8) is 0 Å². The number of amidine groups is 1. The summed E-state index contributed by atoms with van der Waals surface area (Å²) in [5.41, 5.74) is 1.64. The third-order valence-electron chi connectivity index (χ3n) is 2.59. The molecule has 1 aromatic carbocycles. The van der Waals surface area contributed by atoms with Gasteiger partial charge in [-0.2, -0.15) is 4.99 Å². The van der Waals surface area contributed by atoms with Gasteiger partial charge in [-0.1, -0.05) is 5.92 Å². The summed E-state index contributed by atoms with van der Waals surface area (Å²) in [6.07, 6.45) is -0.454. The van der Waals surface area contributed by atoms with Crippen molar-refractivity contribution in [2.75, 3.05) is 23.9 Å². The van der Waals surface area contributed by atoms with Gasteiger partial charge in [0.1, 0.15) is 5.84 Å². The highest BCUT2D eigenvalue weighted by molar-refractivity contribution is 5.96. The van der Waals surface area contributed by atoms with E-state index in [0.29, 0.717) is 12.3 Å². The van der Waals surface area contributed by atoms with E-state index in [1.165, 1.54) is 0 Å². The van der Waals surface area contributed by atoms with Gasteiger partial charge in [0.25, 0.3) is 0 Å². The molecular formula is C15H19N3O2. The Kier molecular flexibility index (Phi) is 6.11. The number of benzene rings is 1. The number of carbonyl (C=O) groups is 1. The minimum Gasteiger partial charge on any atom is -0.450 e. The van der Waals surface area contributed by atoms with E-state index in [0.717, 1.165) is 11.5 Å². The SMILES string of the molecule is CC#CN=C(C)N(C)c1ccc(NC(=O)OCC)cc1. The van der Waals surface area contributed by atoms with Crippen LogP contribution in [0.2, 0.25) is 0 Å². The van der Waals surface area contributed by atoms with Crippen molar-refractivity contribution < 1.29 is 9.53 Å². The Morgan fingerprint density at radius 1 is 1.40 bits per heavy atom. The first-order valence-electron chi connectivity index (χ1n) is 6.32. The van der Waals surface area contributed by atoms with Crippen LogP contribution in [0.25, 0.3) is 0 Å². The van der Waals surface area contributed by atoms with Crippen LogP contribution < -0.4 is 10.2 Å². The fourth-order valence-corrected chi connectivity index (χ4v) is 1.45. The number of hydrogen-bond donors (Lipinski definition) is 1. The minimum atomic E-state index is -0.454. The van der Waals surface area contributed by atoms with Crippen LogP contribution in [-0.4, -0.2) is 25.6 Å². The van der Waals surface area contributed by atoms with Gasteiger partial charge < -0.3 is 9.64 Å². The predicted molar refractivity (Wildman–Crippen MR) is 82.0 cm³/mol. The molecule has 5 nitrogen and oxygen atoms in total. The van der Waals surface area contributed by atoms with Crippen LogP contribution in [0.1, 0.15) is 20.8 Å². The van der Waals surface area contributed by atoms with Crippen molar-refractivity contribution in [2.45, 2.75) is 20.8 Å². The fourth-order valence-electron chi connectivity index (χ4n) is 1.45. The fraction of sp³-hybridized carbons (Fsp3) is 0.333. The predicted octanol–water partition coefficient (Wildman–Crippen LogP) is 3.09. The second-order valence-electron chi connectivity index (χ2n) is 3.97. The first kappa shape index (κ1) is 15.6. The normalized spacial score (nSPS) is 10.3. The average Bonchev–Trinajstić information content (AvgIpc) is 2.45. The van der Waals surface area contributed by atoms with E-state index in [9.17, 15) is 4.79 Å². The van der Waals surface area contributed by atoms with Crippen LogP contribution in [0.15, 0.2) is 29.3 Å². The second kappa shape index (κ2) is 7.85. The Labute approximate surface area is 119 Å². The molecule has 0 heterocycles. The number of hydrogen-bond acceptors (Lipinski definition) is 3. The Morgan fingerprint density at radius 3 is 2.60 bits per heavy atom. The standard InChI is InChI=1S/C15H19N3O2/c1-5-11-16-12(3)18(4)14-9-7-13(8-10-14)17-15(19)20-6-2/h7-10H,6H2,1-4H3,(H,17,19). The number of rotatable bonds is 3. The van der Waals surface area contributed by atoms with E-state index in [1.54, 1.807) is 13.8 Å². The lowest BCUT2D eigenvalue weighted by molar-refractivity contribution is 0.168. The van der Waals surface area contributed by atoms with E-state index in [4.69, 9.17) is 4.74 Å². The zero-order valence-corrected chi connectivity index (χ0v) is 12.2. The molecule has 1 N–H and O–H groups in total. The van der Waals surface area contributed by atoms with Crippen molar-refractivity contribution in [3.8, 4) is 12.0 Å². The van der Waals surface area contributed by atoms with Crippen LogP contribution in [0.3, 0.4) is 0 Å². The number of amides is 1. The zero-order chi connectivity index (χ0) is 15.0. The minimum absolute atomic E-state index is 0.348. The molecule has 0 spiro atoms. The van der Waals surface area contributed by atoms with Crippen LogP contribution in [-0.2, 0) is 4.74 Å². The molecular weight excluding hydrogens is 254 g/mol. The molecule has 106 valence electrons. The van der Waals surface area contributed by atoms with Gasteiger partial charge in [0.2, 0.25) is 0 Å². The topological polar surface area (TPSA) is 53.9 Å². The average molecular weight is 273 g/mol. The summed E-state index contributed by atoms with van der Waals surface area (Å²) >= 11 is 0. The maximum atomic E-state index is 11.3. The van der Waals surface area contributed by atoms with Crippen LogP contribution in [0.5, 0.6) is 0 Å². The number of ether oxygens (including phenoxy) is 1. The number of anilines is 2. The molecule has 20 heavy (non-hydrogen) atoms. The van der Waals surface area contributed by atoms with E-state index >= 15 is 0 Å². The van der Waals surface area contributed by atoms with E-state index in [2.05, 4.69) is 22.3 Å². The molecule has 0 aliphatic rings. The van der Waals surface area contributed by atoms with Crippen molar-refractivity contribution in [3.05, 3.63) is 24.3 Å². The molecule has 1 aromatic rings. The molecule has 0 atom stereocenters. The molecule has 0 aliphatic carbocycles. The van der Waals surface area contributed by atoms with Gasteiger partial charge in [-0.05, 0) is 45.0 Å².